The molecule has 8 aromatic rings. The van der Waals surface area contributed by atoms with Crippen molar-refractivity contribution in [1.82, 2.24) is 40.8 Å². The summed E-state index contributed by atoms with van der Waals surface area (Å²) in [5.41, 5.74) is 2.25. The van der Waals surface area contributed by atoms with Gasteiger partial charge in [0.2, 0.25) is 23.6 Å². The number of rotatable bonds is 6. The molecular weight excluding hydrogens is 636 g/mol. The first-order valence-corrected chi connectivity index (χ1v) is 13.8. The largest absolute Gasteiger partial charge is 0.412 e. The first-order valence-electron chi connectivity index (χ1n) is 13.8. The Morgan fingerprint density at radius 1 is 0.250 bits per heavy atom. The van der Waals surface area contributed by atoms with Gasteiger partial charge in [0.1, 0.15) is 23.3 Å². The van der Waals surface area contributed by atoms with Crippen LogP contribution in [0.3, 0.4) is 0 Å². The van der Waals surface area contributed by atoms with Gasteiger partial charge < -0.3 is 17.7 Å². The van der Waals surface area contributed by atoms with Crippen molar-refractivity contribution in [2.75, 3.05) is 0 Å². The van der Waals surface area contributed by atoms with Crippen molar-refractivity contribution in [3.63, 3.8) is 0 Å². The van der Waals surface area contributed by atoms with E-state index in [4.69, 9.17) is 17.7 Å². The Balaban J connectivity index is 0.000000152. The van der Waals surface area contributed by atoms with Crippen LogP contribution in [0.5, 0.6) is 0 Å². The van der Waals surface area contributed by atoms with E-state index in [1.807, 2.05) is 0 Å². The molecule has 4 aromatic carbocycles. The second kappa shape index (κ2) is 12.9. The van der Waals surface area contributed by atoms with Crippen LogP contribution < -0.4 is 0 Å². The highest BCUT2D eigenvalue weighted by Crippen LogP contribution is 2.28. The number of halogens is 4. The summed E-state index contributed by atoms with van der Waals surface area (Å²) in [7, 11) is 0. The molecule has 12 nitrogen and oxygen atoms in total. The van der Waals surface area contributed by atoms with Crippen LogP contribution in [0.4, 0.5) is 17.6 Å². The Morgan fingerprint density at radius 2 is 0.417 bits per heavy atom. The van der Waals surface area contributed by atoms with Gasteiger partial charge in [0.25, 0.3) is 0 Å². The van der Waals surface area contributed by atoms with Crippen LogP contribution in [-0.4, -0.2) is 40.8 Å². The monoisotopic (exact) mass is 652 g/mol. The van der Waals surface area contributed by atoms with Crippen LogP contribution in [0, 0.1) is 23.3 Å². The van der Waals surface area contributed by atoms with E-state index in [9.17, 15) is 17.6 Å². The van der Waals surface area contributed by atoms with Gasteiger partial charge in [-0.1, -0.05) is 0 Å². The lowest BCUT2D eigenvalue weighted by molar-refractivity contribution is 0.521. The fourth-order valence-electron chi connectivity index (χ4n) is 4.08. The second-order valence-electron chi connectivity index (χ2n) is 9.68. The molecule has 0 atom stereocenters. The third-order valence-electron chi connectivity index (χ3n) is 6.43. The van der Waals surface area contributed by atoms with Crippen molar-refractivity contribution >= 4 is 0 Å². The highest BCUT2D eigenvalue weighted by Gasteiger charge is 2.19. The molecule has 16 heteroatoms. The molecule has 8 rings (SSSR count). The van der Waals surface area contributed by atoms with Crippen LogP contribution in [0.1, 0.15) is 0 Å². The number of hydrogen-bond acceptors (Lipinski definition) is 12. The summed E-state index contributed by atoms with van der Waals surface area (Å²) >= 11 is 0. The molecule has 0 radical (unpaired) electrons. The molecule has 0 spiro atoms. The quantitative estimate of drug-likeness (QED) is 0.164. The molecular formula is C32H16F4N8O4. The molecule has 4 aromatic heterocycles. The summed E-state index contributed by atoms with van der Waals surface area (Å²) in [4.78, 5) is 0. The molecule has 0 saturated carbocycles. The number of nitrogens with zero attached hydrogens (tertiary/aromatic N) is 8. The van der Waals surface area contributed by atoms with Crippen LogP contribution in [0.2, 0.25) is 0 Å². The fourth-order valence-corrected chi connectivity index (χ4v) is 4.08. The summed E-state index contributed by atoms with van der Waals surface area (Å²) in [5.74, 6) is -0.496. The van der Waals surface area contributed by atoms with Gasteiger partial charge in [-0.05, 0) is 97.1 Å². The van der Waals surface area contributed by atoms with E-state index in [2.05, 4.69) is 40.8 Å². The van der Waals surface area contributed by atoms with Crippen molar-refractivity contribution in [2.24, 2.45) is 0 Å². The molecule has 0 aliphatic rings. The summed E-state index contributed by atoms with van der Waals surface area (Å²) in [6.07, 6.45) is 0. The SMILES string of the molecule is Fc1ccc(-c2nnc(-c3nnc(-c4ccc(F)cc4)o3)o2)cc1.Fc1ccc(-c2nnc(-c3nnc(-c4ccc(F)cc4)o3)o2)cc1. The van der Waals surface area contributed by atoms with E-state index >= 15 is 0 Å². The summed E-state index contributed by atoms with van der Waals surface area (Å²) in [6, 6.07) is 22.5. The van der Waals surface area contributed by atoms with Gasteiger partial charge in [-0.25, -0.2) is 17.6 Å². The first-order chi connectivity index (χ1) is 23.4. The van der Waals surface area contributed by atoms with Gasteiger partial charge in [0.05, 0.1) is 0 Å². The Kier molecular flexibility index (Phi) is 8.01. The zero-order chi connectivity index (χ0) is 33.0. The molecule has 0 aliphatic heterocycles. The molecule has 0 amide bonds. The van der Waals surface area contributed by atoms with Gasteiger partial charge in [-0.2, -0.15) is 0 Å². The Bertz CT molecular complexity index is 1960. The molecule has 0 bridgehead atoms. The summed E-state index contributed by atoms with van der Waals surface area (Å²) in [5, 5.41) is 30.8. The maximum absolute atomic E-state index is 12.9. The van der Waals surface area contributed by atoms with E-state index in [1.54, 1.807) is 0 Å². The first kappa shape index (κ1) is 29.8. The maximum Gasteiger partial charge on any atom is 0.306 e. The van der Waals surface area contributed by atoms with Gasteiger partial charge in [0, 0.05) is 22.3 Å². The number of aromatic nitrogens is 8. The average molecular weight is 653 g/mol. The molecule has 48 heavy (non-hydrogen) atoms. The maximum atomic E-state index is 12.9. The van der Waals surface area contributed by atoms with Gasteiger partial charge in [0.15, 0.2) is 0 Å². The zero-order valence-electron chi connectivity index (χ0n) is 24.0. The predicted octanol–water partition coefficient (Wildman–Crippen LogP) is 7.46. The third-order valence-corrected chi connectivity index (χ3v) is 6.43. The van der Waals surface area contributed by atoms with Gasteiger partial charge in [-0.3, -0.25) is 0 Å². The lowest BCUT2D eigenvalue weighted by Crippen LogP contribution is -1.78. The molecule has 0 unspecified atom stereocenters. The molecule has 0 saturated heterocycles. The van der Waals surface area contributed by atoms with Crippen LogP contribution in [0.15, 0.2) is 115 Å². The number of benzene rings is 4. The van der Waals surface area contributed by atoms with Crippen LogP contribution in [-0.2, 0) is 0 Å². The highest BCUT2D eigenvalue weighted by atomic mass is 19.1. The third kappa shape index (κ3) is 6.57. The van der Waals surface area contributed by atoms with Crippen LogP contribution in [0.25, 0.3) is 69.4 Å². The fraction of sp³-hybridized carbons (Fsp3) is 0. The predicted molar refractivity (Wildman–Crippen MR) is 157 cm³/mol. The minimum atomic E-state index is -0.362. The molecule has 4 heterocycles. The van der Waals surface area contributed by atoms with Gasteiger partial charge in [-0.15, -0.1) is 40.8 Å². The molecule has 0 fully saturated rings. The average Bonchev–Trinajstić information content (AvgIpc) is 3.93. The smallest absolute Gasteiger partial charge is 0.306 e. The summed E-state index contributed by atoms with van der Waals surface area (Å²) < 4.78 is 73.6. The minimum Gasteiger partial charge on any atom is -0.412 e. The van der Waals surface area contributed by atoms with E-state index in [0.717, 1.165) is 0 Å². The molecule has 236 valence electrons. The highest BCUT2D eigenvalue weighted by molar-refractivity contribution is 5.57. The van der Waals surface area contributed by atoms with E-state index in [0.29, 0.717) is 22.3 Å². The van der Waals surface area contributed by atoms with Crippen molar-refractivity contribution < 1.29 is 35.2 Å². The normalized spacial score (nSPS) is 10.9. The topological polar surface area (TPSA) is 156 Å². The Hall–Kier alpha value is -6.84. The van der Waals surface area contributed by atoms with Gasteiger partial charge >= 0.3 is 23.6 Å². The van der Waals surface area contributed by atoms with Crippen molar-refractivity contribution in [3.05, 3.63) is 120 Å². The van der Waals surface area contributed by atoms with E-state index < -0.39 is 0 Å². The Labute approximate surface area is 265 Å². The van der Waals surface area contributed by atoms with Crippen molar-refractivity contribution in [3.8, 4) is 69.4 Å². The lowest BCUT2D eigenvalue weighted by atomic mass is 10.2. The van der Waals surface area contributed by atoms with E-state index in [-0.39, 0.29) is 70.4 Å². The second-order valence-corrected chi connectivity index (χ2v) is 9.68. The van der Waals surface area contributed by atoms with Crippen LogP contribution >= 0.6 is 0 Å². The molecule has 0 N–H and O–H groups in total. The lowest BCUT2D eigenvalue weighted by Gasteiger charge is -1.93. The minimum absolute atomic E-state index is 0.0372. The molecule has 0 aliphatic carbocycles. The summed E-state index contributed by atoms with van der Waals surface area (Å²) in [6.45, 7) is 0. The van der Waals surface area contributed by atoms with E-state index in [1.165, 1.54) is 97.1 Å². The number of hydrogen-bond donors (Lipinski definition) is 0. The van der Waals surface area contributed by atoms with Crippen molar-refractivity contribution in [1.29, 1.82) is 0 Å². The Morgan fingerprint density at radius 3 is 0.604 bits per heavy atom. The van der Waals surface area contributed by atoms with Crippen molar-refractivity contribution in [2.45, 2.75) is 0 Å². The zero-order valence-corrected chi connectivity index (χ0v) is 24.0. The standard InChI is InChI=1S/2C16H8F2N4O2/c2*17-11-5-1-9(2-6-11)13-19-21-15(23-13)16-22-20-14(24-16)10-3-7-12(18)8-4-10/h2*1-8H.